The smallest absolute Gasteiger partial charge is 0.243 e. The summed E-state index contributed by atoms with van der Waals surface area (Å²) in [6.45, 7) is 0. The van der Waals surface area contributed by atoms with E-state index in [1.165, 1.54) is 28.8 Å². The van der Waals surface area contributed by atoms with Gasteiger partial charge in [0.15, 0.2) is 5.17 Å². The van der Waals surface area contributed by atoms with Crippen LogP contribution in [0.4, 0.5) is 5.69 Å². The highest BCUT2D eigenvalue weighted by Crippen LogP contribution is 2.27. The molecule has 0 bridgehead atoms. The highest BCUT2D eigenvalue weighted by Gasteiger charge is 2.29. The fraction of sp³-hybridized carbons (Fsp3) is 0.0625. The Morgan fingerprint density at radius 3 is 2.55 bits per heavy atom. The summed E-state index contributed by atoms with van der Waals surface area (Å²) in [4.78, 5) is 13.5. The minimum Gasteiger partial charge on any atom is -0.508 e. The van der Waals surface area contributed by atoms with Crippen LogP contribution in [0.5, 0.6) is 5.75 Å². The van der Waals surface area contributed by atoms with Crippen LogP contribution in [0.25, 0.3) is 0 Å². The highest BCUT2D eigenvalue weighted by atomic mass is 32.2. The molecular formula is C16H13N3O2S. The van der Waals surface area contributed by atoms with Gasteiger partial charge in [-0.3, -0.25) is 9.69 Å². The molecule has 2 aromatic carbocycles. The second-order valence-corrected chi connectivity index (χ2v) is 5.51. The maximum atomic E-state index is 12.0. The second-order valence-electron chi connectivity index (χ2n) is 4.57. The fourth-order valence-electron chi connectivity index (χ4n) is 1.98. The molecule has 3 rings (SSSR count). The number of carbonyl (C=O) groups excluding carboxylic acids is 1. The maximum absolute atomic E-state index is 12.0. The summed E-state index contributed by atoms with van der Waals surface area (Å²) in [5.74, 6) is 0.439. The average Bonchev–Trinajstić information content (AvgIpc) is 2.90. The Kier molecular flexibility index (Phi) is 4.20. The molecule has 1 N–H and O–H groups in total. The predicted molar refractivity (Wildman–Crippen MR) is 89.5 cm³/mol. The second kappa shape index (κ2) is 6.44. The summed E-state index contributed by atoms with van der Waals surface area (Å²) in [5.41, 5.74) is 1.61. The minimum absolute atomic E-state index is 0.0515. The van der Waals surface area contributed by atoms with Gasteiger partial charge < -0.3 is 5.11 Å². The van der Waals surface area contributed by atoms with E-state index in [-0.39, 0.29) is 11.7 Å². The number of nitrogens with zero attached hydrogens (tertiary/aromatic N) is 3. The summed E-state index contributed by atoms with van der Waals surface area (Å²) in [6, 6.07) is 16.1. The summed E-state index contributed by atoms with van der Waals surface area (Å²) < 4.78 is 0. The van der Waals surface area contributed by atoms with Crippen LogP contribution in [0, 0.1) is 0 Å². The van der Waals surface area contributed by atoms with Crippen molar-refractivity contribution in [2.24, 2.45) is 10.2 Å². The number of amides is 1. The lowest BCUT2D eigenvalue weighted by molar-refractivity contribution is -0.115. The van der Waals surface area contributed by atoms with E-state index < -0.39 is 0 Å². The van der Waals surface area contributed by atoms with Gasteiger partial charge in [0.05, 0.1) is 17.7 Å². The third-order valence-corrected chi connectivity index (χ3v) is 3.94. The Labute approximate surface area is 132 Å². The van der Waals surface area contributed by atoms with E-state index in [1.54, 1.807) is 18.3 Å². The third kappa shape index (κ3) is 3.17. The molecule has 0 saturated carbocycles. The van der Waals surface area contributed by atoms with Gasteiger partial charge in [-0.2, -0.15) is 5.10 Å². The van der Waals surface area contributed by atoms with E-state index in [0.717, 1.165) is 5.56 Å². The van der Waals surface area contributed by atoms with Gasteiger partial charge in [-0.1, -0.05) is 42.1 Å². The molecular weight excluding hydrogens is 298 g/mol. The van der Waals surface area contributed by atoms with Gasteiger partial charge in [-0.05, 0) is 29.8 Å². The summed E-state index contributed by atoms with van der Waals surface area (Å²) >= 11 is 1.34. The van der Waals surface area contributed by atoms with Gasteiger partial charge >= 0.3 is 0 Å². The van der Waals surface area contributed by atoms with Crippen LogP contribution in [0.3, 0.4) is 0 Å². The summed E-state index contributed by atoms with van der Waals surface area (Å²) in [6.07, 6.45) is 1.64. The first-order chi connectivity index (χ1) is 10.7. The van der Waals surface area contributed by atoms with Crippen LogP contribution < -0.4 is 4.90 Å². The first-order valence-corrected chi connectivity index (χ1v) is 7.63. The molecule has 1 saturated heterocycles. The van der Waals surface area contributed by atoms with E-state index >= 15 is 0 Å². The molecule has 5 nitrogen and oxygen atoms in total. The van der Waals surface area contributed by atoms with E-state index in [1.807, 2.05) is 30.3 Å². The van der Waals surface area contributed by atoms with Crippen molar-refractivity contribution in [1.82, 2.24) is 0 Å². The third-order valence-electron chi connectivity index (χ3n) is 3.02. The Bertz CT molecular complexity index is 727. The number of anilines is 1. The number of rotatable bonds is 3. The largest absolute Gasteiger partial charge is 0.508 e. The zero-order chi connectivity index (χ0) is 15.4. The van der Waals surface area contributed by atoms with Crippen molar-refractivity contribution in [3.05, 3.63) is 60.2 Å². The van der Waals surface area contributed by atoms with E-state index in [9.17, 15) is 9.90 Å². The Balaban J connectivity index is 1.82. The number of benzene rings is 2. The molecule has 22 heavy (non-hydrogen) atoms. The van der Waals surface area contributed by atoms with Gasteiger partial charge in [-0.25, -0.2) is 0 Å². The standard InChI is InChI=1S/C16H13N3O2S/c20-14-8-6-13(7-9-14)19-15(21)11-22-16(19)18-17-10-12-4-2-1-3-5-12/h1-10,20H,11H2/b17-10+,18-16-. The molecule has 1 aliphatic rings. The van der Waals surface area contributed by atoms with Crippen molar-refractivity contribution in [2.45, 2.75) is 0 Å². The highest BCUT2D eigenvalue weighted by molar-refractivity contribution is 8.15. The van der Waals surface area contributed by atoms with Crippen LogP contribution in [0.1, 0.15) is 5.56 Å². The molecule has 0 atom stereocenters. The zero-order valence-corrected chi connectivity index (χ0v) is 12.4. The fourth-order valence-corrected chi connectivity index (χ4v) is 2.80. The summed E-state index contributed by atoms with van der Waals surface area (Å²) in [7, 11) is 0. The van der Waals surface area contributed by atoms with Gasteiger partial charge in [0.1, 0.15) is 5.75 Å². The lowest BCUT2D eigenvalue weighted by atomic mass is 10.2. The zero-order valence-electron chi connectivity index (χ0n) is 11.6. The maximum Gasteiger partial charge on any atom is 0.243 e. The quantitative estimate of drug-likeness (QED) is 0.700. The number of amidine groups is 1. The molecule has 1 amide bonds. The number of carbonyl (C=O) groups is 1. The molecule has 1 fully saturated rings. The molecule has 0 spiro atoms. The molecule has 6 heteroatoms. The van der Waals surface area contributed by atoms with Crippen molar-refractivity contribution >= 4 is 34.7 Å². The van der Waals surface area contributed by atoms with Crippen LogP contribution in [0.15, 0.2) is 64.8 Å². The number of hydrogen-bond donors (Lipinski definition) is 1. The monoisotopic (exact) mass is 311 g/mol. The first kappa shape index (κ1) is 14.3. The van der Waals surface area contributed by atoms with Crippen LogP contribution in [-0.4, -0.2) is 28.1 Å². The molecule has 0 aliphatic carbocycles. The average molecular weight is 311 g/mol. The van der Waals surface area contributed by atoms with Gasteiger partial charge in [0.25, 0.3) is 0 Å². The van der Waals surface area contributed by atoms with Crippen molar-refractivity contribution in [1.29, 1.82) is 0 Å². The summed E-state index contributed by atoms with van der Waals surface area (Å²) in [5, 5.41) is 18.1. The predicted octanol–water partition coefficient (Wildman–Crippen LogP) is 2.86. The molecule has 1 heterocycles. The number of thioether (sulfide) groups is 1. The first-order valence-electron chi connectivity index (χ1n) is 6.65. The number of phenolic OH excluding ortho intramolecular Hbond substituents is 1. The topological polar surface area (TPSA) is 65.3 Å². The molecule has 2 aromatic rings. The molecule has 0 radical (unpaired) electrons. The Hall–Kier alpha value is -2.60. The van der Waals surface area contributed by atoms with Gasteiger partial charge in [0.2, 0.25) is 5.91 Å². The van der Waals surface area contributed by atoms with Crippen molar-refractivity contribution in [2.75, 3.05) is 10.7 Å². The van der Waals surface area contributed by atoms with Gasteiger partial charge in [-0.15, -0.1) is 5.10 Å². The number of aromatic hydroxyl groups is 1. The normalized spacial score (nSPS) is 16.8. The Morgan fingerprint density at radius 1 is 1.09 bits per heavy atom. The van der Waals surface area contributed by atoms with E-state index in [4.69, 9.17) is 0 Å². The number of phenols is 1. The van der Waals surface area contributed by atoms with E-state index in [2.05, 4.69) is 10.2 Å². The molecule has 1 aliphatic heterocycles. The van der Waals surface area contributed by atoms with Crippen molar-refractivity contribution in [3.63, 3.8) is 0 Å². The molecule has 110 valence electrons. The van der Waals surface area contributed by atoms with Gasteiger partial charge in [0, 0.05) is 0 Å². The van der Waals surface area contributed by atoms with Crippen molar-refractivity contribution < 1.29 is 9.90 Å². The number of hydrogen-bond acceptors (Lipinski definition) is 5. The van der Waals surface area contributed by atoms with E-state index in [0.29, 0.717) is 16.6 Å². The lowest BCUT2D eigenvalue weighted by Gasteiger charge is -2.14. The SMILES string of the molecule is O=C1CS/C(=N\N=C\c2ccccc2)N1c1ccc(O)cc1. The Morgan fingerprint density at radius 2 is 1.82 bits per heavy atom. The van der Waals surface area contributed by atoms with Crippen LogP contribution >= 0.6 is 11.8 Å². The molecule has 0 unspecified atom stereocenters. The van der Waals surface area contributed by atoms with Crippen LogP contribution in [-0.2, 0) is 4.79 Å². The lowest BCUT2D eigenvalue weighted by Crippen LogP contribution is -2.28. The minimum atomic E-state index is -0.0515. The molecule has 0 aromatic heterocycles. The van der Waals surface area contributed by atoms with Crippen LogP contribution in [0.2, 0.25) is 0 Å². The van der Waals surface area contributed by atoms with Crippen molar-refractivity contribution in [3.8, 4) is 5.75 Å².